The van der Waals surface area contributed by atoms with E-state index in [0.29, 0.717) is 0 Å². The summed E-state index contributed by atoms with van der Waals surface area (Å²) in [7, 11) is -2.16. The van der Waals surface area contributed by atoms with E-state index in [-0.39, 0.29) is 17.7 Å². The zero-order valence-corrected chi connectivity index (χ0v) is 13.9. The van der Waals surface area contributed by atoms with Gasteiger partial charge in [-0.2, -0.15) is 8.42 Å². The number of hydrogen-bond acceptors (Lipinski definition) is 4. The van der Waals surface area contributed by atoms with Crippen LogP contribution >= 0.6 is 0 Å². The molecule has 0 unspecified atom stereocenters. The summed E-state index contributed by atoms with van der Waals surface area (Å²) in [5.41, 5.74) is 2.46. The average Bonchev–Trinajstić information content (AvgIpc) is 2.55. The van der Waals surface area contributed by atoms with E-state index in [4.69, 9.17) is 0 Å². The molecule has 1 aliphatic heterocycles. The van der Waals surface area contributed by atoms with Crippen molar-refractivity contribution in [1.82, 2.24) is 4.90 Å². The van der Waals surface area contributed by atoms with Crippen molar-refractivity contribution in [3.05, 3.63) is 71.8 Å². The third-order valence-corrected chi connectivity index (χ3v) is 5.66. The molecule has 23 heavy (non-hydrogen) atoms. The van der Waals surface area contributed by atoms with E-state index in [1.165, 1.54) is 18.2 Å². The molecule has 0 atom stereocenters. The van der Waals surface area contributed by atoms with Gasteiger partial charge in [0.15, 0.2) is 0 Å². The van der Waals surface area contributed by atoms with Crippen molar-refractivity contribution in [2.45, 2.75) is 6.04 Å². The van der Waals surface area contributed by atoms with Gasteiger partial charge in [-0.1, -0.05) is 60.7 Å². The van der Waals surface area contributed by atoms with Crippen LogP contribution in [-0.2, 0) is 14.3 Å². The molecule has 1 saturated heterocycles. The lowest BCUT2D eigenvalue weighted by molar-refractivity contribution is 0.0800. The van der Waals surface area contributed by atoms with Crippen molar-refractivity contribution in [2.75, 3.05) is 26.0 Å². The first-order valence-corrected chi connectivity index (χ1v) is 9.29. The van der Waals surface area contributed by atoms with Gasteiger partial charge >= 0.3 is 0 Å². The summed E-state index contributed by atoms with van der Waals surface area (Å²) in [6.45, 7) is 1.52. The Hall–Kier alpha value is -1.69. The summed E-state index contributed by atoms with van der Waals surface area (Å²) in [6, 6.07) is 20.8. The number of rotatable bonds is 6. The Kier molecular flexibility index (Phi) is 4.80. The Balaban J connectivity index is 1.77. The Morgan fingerprint density at radius 2 is 1.48 bits per heavy atom. The van der Waals surface area contributed by atoms with E-state index >= 15 is 0 Å². The molecule has 5 heteroatoms. The second-order valence-corrected chi connectivity index (χ2v) is 7.72. The van der Waals surface area contributed by atoms with Crippen LogP contribution in [0.5, 0.6) is 0 Å². The predicted octanol–water partition coefficient (Wildman–Crippen LogP) is 2.68. The Labute approximate surface area is 137 Å². The molecule has 1 heterocycles. The maximum atomic E-state index is 11.6. The monoisotopic (exact) mass is 331 g/mol. The highest BCUT2D eigenvalue weighted by molar-refractivity contribution is 7.86. The average molecular weight is 331 g/mol. The third kappa shape index (κ3) is 3.80. The molecule has 0 saturated carbocycles. The minimum Gasteiger partial charge on any atom is -0.292 e. The van der Waals surface area contributed by atoms with E-state index in [9.17, 15) is 8.42 Å². The second kappa shape index (κ2) is 6.83. The molecule has 0 amide bonds. The van der Waals surface area contributed by atoms with Crippen LogP contribution in [0, 0.1) is 5.92 Å². The van der Waals surface area contributed by atoms with Gasteiger partial charge in [0.25, 0.3) is 10.1 Å². The standard InChI is InChI=1S/C18H21NO3S/c1-22-23(20,21)14-15-12-19(13-15)18(16-8-4-2-5-9-16)17-10-6-3-7-11-17/h2-11,15,18H,12-14H2,1H3. The van der Waals surface area contributed by atoms with Crippen LogP contribution in [0.2, 0.25) is 0 Å². The molecule has 1 fully saturated rings. The number of nitrogens with zero attached hydrogens (tertiary/aromatic N) is 1. The number of likely N-dealkylation sites (tertiary alicyclic amines) is 1. The molecule has 0 spiro atoms. The van der Waals surface area contributed by atoms with E-state index in [1.54, 1.807) is 0 Å². The predicted molar refractivity (Wildman–Crippen MR) is 90.6 cm³/mol. The normalized spacial score (nSPS) is 16.4. The molecule has 0 radical (unpaired) electrons. The Bertz CT molecular complexity index is 686. The van der Waals surface area contributed by atoms with E-state index in [0.717, 1.165) is 13.1 Å². The molecule has 122 valence electrons. The van der Waals surface area contributed by atoms with Gasteiger partial charge in [-0.05, 0) is 11.1 Å². The van der Waals surface area contributed by atoms with E-state index in [1.807, 2.05) is 36.4 Å². The van der Waals surface area contributed by atoms with Gasteiger partial charge in [-0.15, -0.1) is 0 Å². The molecule has 0 aromatic heterocycles. The van der Waals surface area contributed by atoms with Gasteiger partial charge in [-0.3, -0.25) is 9.08 Å². The lowest BCUT2D eigenvalue weighted by atomic mass is 9.91. The number of hydrogen-bond donors (Lipinski definition) is 0. The third-order valence-electron chi connectivity index (χ3n) is 4.27. The van der Waals surface area contributed by atoms with Crippen LogP contribution in [0.1, 0.15) is 17.2 Å². The molecule has 0 N–H and O–H groups in total. The SMILES string of the molecule is COS(=O)(=O)CC1CN(C(c2ccccc2)c2ccccc2)C1. The molecule has 3 rings (SSSR count). The van der Waals surface area contributed by atoms with Crippen LogP contribution in [0.4, 0.5) is 0 Å². The van der Waals surface area contributed by atoms with Crippen LogP contribution < -0.4 is 0 Å². The topological polar surface area (TPSA) is 46.6 Å². The zero-order valence-electron chi connectivity index (χ0n) is 13.1. The zero-order chi connectivity index (χ0) is 16.3. The molecular weight excluding hydrogens is 310 g/mol. The fourth-order valence-corrected chi connectivity index (χ4v) is 4.09. The smallest absolute Gasteiger partial charge is 0.267 e. The van der Waals surface area contributed by atoms with Gasteiger partial charge in [0, 0.05) is 19.0 Å². The lowest BCUT2D eigenvalue weighted by Crippen LogP contribution is -2.51. The van der Waals surface area contributed by atoms with Crippen molar-refractivity contribution >= 4 is 10.1 Å². The van der Waals surface area contributed by atoms with Crippen molar-refractivity contribution < 1.29 is 12.6 Å². The molecular formula is C18H21NO3S. The molecule has 4 nitrogen and oxygen atoms in total. The van der Waals surface area contributed by atoms with Crippen molar-refractivity contribution in [3.63, 3.8) is 0 Å². The summed E-state index contributed by atoms with van der Waals surface area (Å²) in [5.74, 6) is 0.228. The molecule has 0 aliphatic carbocycles. The van der Waals surface area contributed by atoms with Gasteiger partial charge in [0.05, 0.1) is 18.9 Å². The second-order valence-electron chi connectivity index (χ2n) is 5.93. The van der Waals surface area contributed by atoms with Crippen molar-refractivity contribution in [2.24, 2.45) is 5.92 Å². The minimum absolute atomic E-state index is 0.0936. The van der Waals surface area contributed by atoms with Gasteiger partial charge in [-0.25, -0.2) is 0 Å². The summed E-state index contributed by atoms with van der Waals surface area (Å²) < 4.78 is 27.7. The summed E-state index contributed by atoms with van der Waals surface area (Å²) in [5, 5.41) is 0. The van der Waals surface area contributed by atoms with E-state index in [2.05, 4.69) is 33.3 Å². The van der Waals surface area contributed by atoms with Crippen LogP contribution in [-0.4, -0.2) is 39.3 Å². The highest BCUT2D eigenvalue weighted by atomic mass is 32.2. The number of benzene rings is 2. The van der Waals surface area contributed by atoms with E-state index < -0.39 is 10.1 Å². The first kappa shape index (κ1) is 16.2. The molecule has 0 bridgehead atoms. The van der Waals surface area contributed by atoms with Crippen LogP contribution in [0.25, 0.3) is 0 Å². The van der Waals surface area contributed by atoms with Crippen LogP contribution in [0.15, 0.2) is 60.7 Å². The van der Waals surface area contributed by atoms with Crippen molar-refractivity contribution in [1.29, 1.82) is 0 Å². The first-order chi connectivity index (χ1) is 11.1. The lowest BCUT2D eigenvalue weighted by Gasteiger charge is -2.44. The maximum Gasteiger partial charge on any atom is 0.267 e. The first-order valence-electron chi connectivity index (χ1n) is 7.71. The maximum absolute atomic E-state index is 11.6. The fourth-order valence-electron chi connectivity index (χ4n) is 3.17. The van der Waals surface area contributed by atoms with Crippen molar-refractivity contribution in [3.8, 4) is 0 Å². The molecule has 2 aromatic rings. The summed E-state index contributed by atoms with van der Waals surface area (Å²) in [4.78, 5) is 2.32. The summed E-state index contributed by atoms with van der Waals surface area (Å²) in [6.07, 6.45) is 0. The summed E-state index contributed by atoms with van der Waals surface area (Å²) >= 11 is 0. The van der Waals surface area contributed by atoms with Gasteiger partial charge in [0.1, 0.15) is 0 Å². The largest absolute Gasteiger partial charge is 0.292 e. The quantitative estimate of drug-likeness (QED) is 0.764. The Morgan fingerprint density at radius 3 is 1.91 bits per heavy atom. The highest BCUT2D eigenvalue weighted by Crippen LogP contribution is 2.34. The van der Waals surface area contributed by atoms with Gasteiger partial charge < -0.3 is 0 Å². The fraction of sp³-hybridized carbons (Fsp3) is 0.333. The van der Waals surface area contributed by atoms with Gasteiger partial charge in [0.2, 0.25) is 0 Å². The molecule has 2 aromatic carbocycles. The highest BCUT2D eigenvalue weighted by Gasteiger charge is 2.36. The molecule has 1 aliphatic rings. The minimum atomic E-state index is -3.38. The van der Waals surface area contributed by atoms with Crippen LogP contribution in [0.3, 0.4) is 0 Å². The Morgan fingerprint density at radius 1 is 1.00 bits per heavy atom.